The van der Waals surface area contributed by atoms with Gasteiger partial charge in [-0.3, -0.25) is 28.8 Å². The highest BCUT2D eigenvalue weighted by Gasteiger charge is 2.12. The van der Waals surface area contributed by atoms with E-state index in [1.165, 1.54) is 0 Å². The lowest BCUT2D eigenvalue weighted by Gasteiger charge is -2.07. The smallest absolute Gasteiger partial charge is 0.322 e. The molecule has 21 N–H and O–H groups in total. The van der Waals surface area contributed by atoms with E-state index in [1.807, 2.05) is 13.8 Å². The van der Waals surface area contributed by atoms with Crippen LogP contribution in [-0.4, -0.2) is 122 Å². The van der Waals surface area contributed by atoms with E-state index in [4.69, 9.17) is 58.7 Å². The van der Waals surface area contributed by atoms with E-state index in [0.29, 0.717) is 25.3 Å². The quantitative estimate of drug-likeness (QED) is 0.0875. The number of carboxylic acid groups (broad SMARTS) is 6. The van der Waals surface area contributed by atoms with E-state index < -0.39 is 60.5 Å². The second kappa shape index (κ2) is 36.5. The van der Waals surface area contributed by atoms with Gasteiger partial charge in [0.05, 0.1) is 26.2 Å². The summed E-state index contributed by atoms with van der Waals surface area (Å²) in [6.45, 7) is 3.16. The monoisotopic (exact) mass is 607 g/mol. The van der Waals surface area contributed by atoms with Crippen molar-refractivity contribution in [2.24, 2.45) is 46.1 Å². The highest BCUT2D eigenvalue weighted by molar-refractivity contribution is 5.73. The molecule has 0 fully saturated rings. The number of hydrogen-bond acceptors (Lipinski definition) is 14. The molecule has 0 aliphatic heterocycles. The Morgan fingerprint density at radius 3 is 0.976 bits per heavy atom. The predicted molar refractivity (Wildman–Crippen MR) is 146 cm³/mol. The maximum absolute atomic E-state index is 10.1. The largest absolute Gasteiger partial charge is 0.480 e. The zero-order valence-corrected chi connectivity index (χ0v) is 23.3. The van der Waals surface area contributed by atoms with Gasteiger partial charge in [-0.2, -0.15) is 0 Å². The third kappa shape index (κ3) is 66.8. The van der Waals surface area contributed by atoms with Crippen LogP contribution in [0, 0.1) is 5.92 Å². The molecule has 0 rings (SSSR count). The highest BCUT2D eigenvalue weighted by atomic mass is 16.4. The van der Waals surface area contributed by atoms with Gasteiger partial charge in [0.25, 0.3) is 0 Å². The number of hydrogen-bond donors (Lipinski definition) is 14. The molecule has 3 unspecified atom stereocenters. The van der Waals surface area contributed by atoms with E-state index in [1.54, 1.807) is 0 Å². The zero-order valence-electron chi connectivity index (χ0n) is 23.3. The molecule has 3 atom stereocenters. The van der Waals surface area contributed by atoms with Gasteiger partial charge in [0.1, 0.15) is 18.1 Å². The summed E-state index contributed by atoms with van der Waals surface area (Å²) in [5.74, 6) is -5.57. The van der Waals surface area contributed by atoms with Crippen LogP contribution >= 0.6 is 0 Å². The Bertz CT molecular complexity index is 665. The highest BCUT2D eigenvalue weighted by Crippen LogP contribution is 2.01. The molecule has 0 spiro atoms. The predicted octanol–water partition coefficient (Wildman–Crippen LogP) is -4.55. The summed E-state index contributed by atoms with van der Waals surface area (Å²) in [5, 5.41) is 55.3. The molecule has 0 aromatic rings. The maximum atomic E-state index is 10.1. The van der Waals surface area contributed by atoms with Crippen molar-refractivity contribution in [1.29, 1.82) is 0 Å². The molecule has 0 saturated carbocycles. The average Bonchev–Trinajstić information content (AvgIpc) is 2.89. The first-order chi connectivity index (χ1) is 18.7. The van der Waals surface area contributed by atoms with Crippen molar-refractivity contribution < 1.29 is 64.5 Å². The lowest BCUT2D eigenvalue weighted by atomic mass is 10.1. The minimum atomic E-state index is -1.18. The molecule has 20 nitrogen and oxygen atoms in total. The van der Waals surface area contributed by atoms with Gasteiger partial charge in [0.2, 0.25) is 0 Å². The minimum Gasteiger partial charge on any atom is -0.480 e. The molecule has 0 aliphatic rings. The second-order valence-corrected chi connectivity index (χ2v) is 7.72. The van der Waals surface area contributed by atoms with Crippen molar-refractivity contribution >= 4 is 35.8 Å². The van der Waals surface area contributed by atoms with Crippen LogP contribution in [-0.2, 0) is 28.8 Å². The summed E-state index contributed by atoms with van der Waals surface area (Å²) in [4.78, 5) is 57.6. The molecular formula is C21H49N7O13. The maximum Gasteiger partial charge on any atom is 0.322 e. The lowest BCUT2D eigenvalue weighted by Crippen LogP contribution is -2.33. The third-order valence-corrected chi connectivity index (χ3v) is 3.37. The van der Waals surface area contributed by atoms with Crippen molar-refractivity contribution in [3.8, 4) is 0 Å². The standard InChI is InChI=1S/C6H14N2O2.C6H13NO2.C3H7NO3.3C2H5NO2/c7-4-2-1-3-5(8)6(9)10;1-4(2)3-5(7)6(8)9;4-2(1-5)3(6)7;3*3-1-2(4)5/h5H,1-4,7-8H2,(H,9,10);4-5H,3,7H2,1-2H3,(H,8,9);2,5H,1,4H2,(H,6,7);3*1,3H2,(H,4,5). The Morgan fingerprint density at radius 2 is 0.854 bits per heavy atom. The topological polar surface area (TPSA) is 426 Å². The number of unbranched alkanes of at least 4 members (excludes halogenated alkanes) is 1. The fraction of sp³-hybridized carbons (Fsp3) is 0.714. The molecule has 0 aromatic heterocycles. The molecule has 41 heavy (non-hydrogen) atoms. The van der Waals surface area contributed by atoms with E-state index >= 15 is 0 Å². The second-order valence-electron chi connectivity index (χ2n) is 7.72. The Hall–Kier alpha value is -3.50. The van der Waals surface area contributed by atoms with Gasteiger partial charge in [-0.15, -0.1) is 0 Å². The molecule has 20 heteroatoms. The van der Waals surface area contributed by atoms with Crippen molar-refractivity contribution in [3.05, 3.63) is 0 Å². The molecule has 0 heterocycles. The van der Waals surface area contributed by atoms with E-state index in [-0.39, 0.29) is 19.6 Å². The van der Waals surface area contributed by atoms with Gasteiger partial charge in [0.15, 0.2) is 0 Å². The van der Waals surface area contributed by atoms with Crippen LogP contribution < -0.4 is 40.1 Å². The van der Waals surface area contributed by atoms with E-state index in [2.05, 4.69) is 17.2 Å². The molecule has 0 amide bonds. The normalized spacial score (nSPS) is 11.2. The van der Waals surface area contributed by atoms with Crippen molar-refractivity contribution in [2.75, 3.05) is 32.8 Å². The summed E-state index contributed by atoms with van der Waals surface area (Å²) < 4.78 is 0. The van der Waals surface area contributed by atoms with Gasteiger partial charge in [-0.25, -0.2) is 0 Å². The number of rotatable bonds is 13. The molecule has 0 aliphatic carbocycles. The summed E-state index contributed by atoms with van der Waals surface area (Å²) >= 11 is 0. The average molecular weight is 608 g/mol. The Balaban J connectivity index is -0.0000000919. The fourth-order valence-electron chi connectivity index (χ4n) is 1.32. The van der Waals surface area contributed by atoms with Crippen LogP contribution in [0.25, 0.3) is 0 Å². The van der Waals surface area contributed by atoms with Gasteiger partial charge < -0.3 is 75.9 Å². The fourth-order valence-corrected chi connectivity index (χ4v) is 1.32. The summed E-state index contributed by atoms with van der Waals surface area (Å²) in [7, 11) is 0. The first kappa shape index (κ1) is 50.3. The Labute approximate surface area is 237 Å². The zero-order chi connectivity index (χ0) is 34.1. The lowest BCUT2D eigenvalue weighted by molar-refractivity contribution is -0.140. The van der Waals surface area contributed by atoms with E-state index in [0.717, 1.165) is 12.8 Å². The molecular weight excluding hydrogens is 558 g/mol. The van der Waals surface area contributed by atoms with Gasteiger partial charge >= 0.3 is 35.8 Å². The van der Waals surface area contributed by atoms with Crippen LogP contribution in [0.4, 0.5) is 0 Å². The SMILES string of the molecule is CC(C)CC(N)C(=O)O.NC(CO)C(=O)O.NCC(=O)O.NCC(=O)O.NCC(=O)O.NCCCCC(N)C(=O)O. The molecule has 246 valence electrons. The number of aliphatic carboxylic acids is 6. The van der Waals surface area contributed by atoms with Gasteiger partial charge in [-0.05, 0) is 31.7 Å². The minimum absolute atomic E-state index is 0.278. The van der Waals surface area contributed by atoms with Crippen molar-refractivity contribution in [3.63, 3.8) is 0 Å². The third-order valence-electron chi connectivity index (χ3n) is 3.37. The number of nitrogens with two attached hydrogens (primary N) is 7. The first-order valence-corrected chi connectivity index (χ1v) is 11.7. The number of carboxylic acids is 6. The van der Waals surface area contributed by atoms with Crippen molar-refractivity contribution in [2.45, 2.75) is 57.7 Å². The first-order valence-electron chi connectivity index (χ1n) is 11.7. The molecule has 0 aromatic carbocycles. The number of aliphatic hydroxyl groups is 1. The summed E-state index contributed by atoms with van der Waals surface area (Å²) in [6, 6.07) is -2.53. The van der Waals surface area contributed by atoms with Crippen LogP contribution in [0.3, 0.4) is 0 Å². The van der Waals surface area contributed by atoms with Crippen LogP contribution in [0.15, 0.2) is 0 Å². The van der Waals surface area contributed by atoms with Gasteiger partial charge in [-0.1, -0.05) is 20.3 Å². The van der Waals surface area contributed by atoms with E-state index in [9.17, 15) is 28.8 Å². The summed E-state index contributed by atoms with van der Waals surface area (Å²) in [5.41, 5.74) is 34.1. The van der Waals surface area contributed by atoms with Crippen molar-refractivity contribution in [1.82, 2.24) is 0 Å². The van der Waals surface area contributed by atoms with Crippen LogP contribution in [0.1, 0.15) is 39.5 Å². The molecule has 0 bridgehead atoms. The van der Waals surface area contributed by atoms with Gasteiger partial charge in [0, 0.05) is 0 Å². The Kier molecular flexibility index (Phi) is 44.8. The summed E-state index contributed by atoms with van der Waals surface area (Å²) in [6.07, 6.45) is 2.72. The van der Waals surface area contributed by atoms with Crippen LogP contribution in [0.2, 0.25) is 0 Å². The number of aliphatic hydroxyl groups excluding tert-OH is 1. The molecule has 0 saturated heterocycles. The number of carbonyl (C=O) groups is 6. The molecule has 0 radical (unpaired) electrons. The van der Waals surface area contributed by atoms with Crippen LogP contribution in [0.5, 0.6) is 0 Å². The Morgan fingerprint density at radius 1 is 0.561 bits per heavy atom.